The first-order valence-electron chi connectivity index (χ1n) is 8.40. The molecule has 0 aliphatic heterocycles. The fraction of sp³-hybridized carbons (Fsp3) is 0.0952. The summed E-state index contributed by atoms with van der Waals surface area (Å²) in [6, 6.07) is 19.4. The van der Waals surface area contributed by atoms with Crippen LogP contribution in [-0.4, -0.2) is 21.1 Å². The van der Waals surface area contributed by atoms with Crippen molar-refractivity contribution in [3.8, 4) is 11.3 Å². The number of hydrogen-bond acceptors (Lipinski definition) is 3. The van der Waals surface area contributed by atoms with E-state index in [0.717, 1.165) is 22.2 Å². The molecule has 0 unspecified atom stereocenters. The molecular formula is C21H18N4O. The number of pyridine rings is 1. The van der Waals surface area contributed by atoms with Crippen molar-refractivity contribution in [2.75, 3.05) is 5.32 Å². The third kappa shape index (κ3) is 3.07. The van der Waals surface area contributed by atoms with Crippen molar-refractivity contribution in [1.82, 2.24) is 15.2 Å². The van der Waals surface area contributed by atoms with Gasteiger partial charge in [0.1, 0.15) is 11.5 Å². The predicted octanol–water partition coefficient (Wildman–Crippen LogP) is 4.49. The Hall–Kier alpha value is -3.47. The molecule has 0 radical (unpaired) electrons. The van der Waals surface area contributed by atoms with Crippen molar-refractivity contribution in [2.45, 2.75) is 13.8 Å². The van der Waals surface area contributed by atoms with E-state index >= 15 is 0 Å². The number of H-pyrrole nitrogens is 1. The zero-order valence-electron chi connectivity index (χ0n) is 14.6. The third-order valence-electron chi connectivity index (χ3n) is 4.47. The van der Waals surface area contributed by atoms with E-state index in [1.54, 1.807) is 12.1 Å². The highest BCUT2D eigenvalue weighted by atomic mass is 16.2. The van der Waals surface area contributed by atoms with Gasteiger partial charge in [-0.3, -0.25) is 9.89 Å². The number of benzene rings is 2. The molecule has 0 fully saturated rings. The fourth-order valence-electron chi connectivity index (χ4n) is 2.81. The van der Waals surface area contributed by atoms with Crippen LogP contribution in [0.3, 0.4) is 0 Å². The SMILES string of the molecule is Cc1ccc(-c2cc(C(=O)Nc3ccc4ccccc4n3)[nH]n2)cc1C. The van der Waals surface area contributed by atoms with Gasteiger partial charge in [-0.15, -0.1) is 0 Å². The smallest absolute Gasteiger partial charge is 0.274 e. The maximum absolute atomic E-state index is 12.5. The van der Waals surface area contributed by atoms with Crippen molar-refractivity contribution in [2.24, 2.45) is 0 Å². The fourth-order valence-corrected chi connectivity index (χ4v) is 2.81. The van der Waals surface area contributed by atoms with Gasteiger partial charge in [-0.1, -0.05) is 30.3 Å². The van der Waals surface area contributed by atoms with Crippen LogP contribution < -0.4 is 5.32 Å². The summed E-state index contributed by atoms with van der Waals surface area (Å²) in [6.07, 6.45) is 0. The molecule has 4 aromatic rings. The lowest BCUT2D eigenvalue weighted by molar-refractivity contribution is 0.102. The number of rotatable bonds is 3. The summed E-state index contributed by atoms with van der Waals surface area (Å²) in [5.41, 5.74) is 5.37. The van der Waals surface area contributed by atoms with Gasteiger partial charge in [-0.25, -0.2) is 4.98 Å². The Kier molecular flexibility index (Phi) is 3.97. The van der Waals surface area contributed by atoms with E-state index < -0.39 is 0 Å². The van der Waals surface area contributed by atoms with Crippen LogP contribution in [0.4, 0.5) is 5.82 Å². The lowest BCUT2D eigenvalue weighted by atomic mass is 10.0. The normalized spacial score (nSPS) is 10.8. The Balaban J connectivity index is 1.56. The number of carbonyl (C=O) groups excluding carboxylic acids is 1. The molecular weight excluding hydrogens is 324 g/mol. The van der Waals surface area contributed by atoms with Gasteiger partial charge in [-0.2, -0.15) is 5.10 Å². The van der Waals surface area contributed by atoms with Crippen LogP contribution in [0.25, 0.3) is 22.2 Å². The van der Waals surface area contributed by atoms with Gasteiger partial charge in [0, 0.05) is 10.9 Å². The van der Waals surface area contributed by atoms with E-state index in [0.29, 0.717) is 11.5 Å². The van der Waals surface area contributed by atoms with Gasteiger partial charge in [0.2, 0.25) is 0 Å². The van der Waals surface area contributed by atoms with Crippen LogP contribution >= 0.6 is 0 Å². The standard InChI is InChI=1S/C21H18N4O/c1-13-7-8-16(11-14(13)2)18-12-19(25-24-18)21(26)23-20-10-9-15-5-3-4-6-17(15)22-20/h3-12H,1-2H3,(H,24,25)(H,22,23,26). The average molecular weight is 342 g/mol. The number of amides is 1. The van der Waals surface area contributed by atoms with Crippen molar-refractivity contribution in [3.05, 3.63) is 77.5 Å². The molecule has 2 N–H and O–H groups in total. The molecule has 0 aliphatic rings. The number of aromatic amines is 1. The summed E-state index contributed by atoms with van der Waals surface area (Å²) in [7, 11) is 0. The van der Waals surface area contributed by atoms with Gasteiger partial charge >= 0.3 is 0 Å². The van der Waals surface area contributed by atoms with E-state index in [1.807, 2.05) is 36.4 Å². The molecule has 0 saturated carbocycles. The Labute approximate surface area is 151 Å². The van der Waals surface area contributed by atoms with E-state index in [-0.39, 0.29) is 5.91 Å². The van der Waals surface area contributed by atoms with Gasteiger partial charge in [0.15, 0.2) is 0 Å². The minimum Gasteiger partial charge on any atom is -0.305 e. The number of hydrogen-bond donors (Lipinski definition) is 2. The van der Waals surface area contributed by atoms with E-state index in [9.17, 15) is 4.79 Å². The number of anilines is 1. The van der Waals surface area contributed by atoms with Crippen LogP contribution in [-0.2, 0) is 0 Å². The van der Waals surface area contributed by atoms with Gasteiger partial charge in [-0.05, 0) is 55.3 Å². The summed E-state index contributed by atoms with van der Waals surface area (Å²) in [4.78, 5) is 17.0. The highest BCUT2D eigenvalue weighted by molar-refractivity contribution is 6.03. The Morgan fingerprint density at radius 1 is 0.962 bits per heavy atom. The van der Waals surface area contributed by atoms with E-state index in [2.05, 4.69) is 46.5 Å². The lowest BCUT2D eigenvalue weighted by Gasteiger charge is -2.04. The summed E-state index contributed by atoms with van der Waals surface area (Å²) < 4.78 is 0. The summed E-state index contributed by atoms with van der Waals surface area (Å²) >= 11 is 0. The maximum Gasteiger partial charge on any atom is 0.274 e. The molecule has 2 heterocycles. The Morgan fingerprint density at radius 3 is 2.65 bits per heavy atom. The summed E-state index contributed by atoms with van der Waals surface area (Å²) in [5.74, 6) is 0.242. The van der Waals surface area contributed by atoms with Crippen LogP contribution in [0.2, 0.25) is 0 Å². The van der Waals surface area contributed by atoms with Crippen LogP contribution in [0, 0.1) is 13.8 Å². The number of para-hydroxylation sites is 1. The third-order valence-corrected chi connectivity index (χ3v) is 4.47. The molecule has 0 saturated heterocycles. The molecule has 26 heavy (non-hydrogen) atoms. The van der Waals surface area contributed by atoms with Crippen molar-refractivity contribution in [1.29, 1.82) is 0 Å². The molecule has 0 atom stereocenters. The van der Waals surface area contributed by atoms with Gasteiger partial charge in [0.05, 0.1) is 11.2 Å². The molecule has 0 bridgehead atoms. The number of nitrogens with one attached hydrogen (secondary N) is 2. The number of nitrogens with zero attached hydrogens (tertiary/aromatic N) is 2. The molecule has 0 aliphatic carbocycles. The summed E-state index contributed by atoms with van der Waals surface area (Å²) in [5, 5.41) is 10.9. The van der Waals surface area contributed by atoms with Gasteiger partial charge < -0.3 is 5.32 Å². The van der Waals surface area contributed by atoms with Crippen LogP contribution in [0.1, 0.15) is 21.6 Å². The minimum absolute atomic E-state index is 0.268. The highest BCUT2D eigenvalue weighted by Crippen LogP contribution is 2.21. The maximum atomic E-state index is 12.5. The minimum atomic E-state index is -0.268. The topological polar surface area (TPSA) is 70.7 Å². The molecule has 5 nitrogen and oxygen atoms in total. The monoisotopic (exact) mass is 342 g/mol. The quantitative estimate of drug-likeness (QED) is 0.576. The number of carbonyl (C=O) groups is 1. The Bertz CT molecular complexity index is 1110. The molecule has 2 aromatic carbocycles. The zero-order valence-corrected chi connectivity index (χ0v) is 14.6. The van der Waals surface area contributed by atoms with E-state index in [4.69, 9.17) is 0 Å². The molecule has 0 spiro atoms. The van der Waals surface area contributed by atoms with Crippen LogP contribution in [0.5, 0.6) is 0 Å². The second-order valence-corrected chi connectivity index (χ2v) is 6.31. The first-order chi connectivity index (χ1) is 12.6. The van der Waals surface area contributed by atoms with Crippen LogP contribution in [0.15, 0.2) is 60.7 Å². The zero-order chi connectivity index (χ0) is 18.1. The van der Waals surface area contributed by atoms with Crippen molar-refractivity contribution < 1.29 is 4.79 Å². The van der Waals surface area contributed by atoms with Crippen molar-refractivity contribution >= 4 is 22.6 Å². The second-order valence-electron chi connectivity index (χ2n) is 6.31. The first kappa shape index (κ1) is 16.0. The lowest BCUT2D eigenvalue weighted by Crippen LogP contribution is -2.13. The number of fused-ring (bicyclic) bond motifs is 1. The molecule has 2 aromatic heterocycles. The number of aromatic nitrogens is 3. The second kappa shape index (κ2) is 6.44. The number of aryl methyl sites for hydroxylation is 2. The summed E-state index contributed by atoms with van der Waals surface area (Å²) in [6.45, 7) is 4.13. The largest absolute Gasteiger partial charge is 0.305 e. The van der Waals surface area contributed by atoms with Crippen molar-refractivity contribution in [3.63, 3.8) is 0 Å². The molecule has 1 amide bonds. The highest BCUT2D eigenvalue weighted by Gasteiger charge is 2.12. The average Bonchev–Trinajstić information content (AvgIpc) is 3.14. The first-order valence-corrected chi connectivity index (χ1v) is 8.40. The molecule has 128 valence electrons. The molecule has 5 heteroatoms. The van der Waals surface area contributed by atoms with E-state index in [1.165, 1.54) is 11.1 Å². The molecule has 4 rings (SSSR count). The Morgan fingerprint density at radius 2 is 1.81 bits per heavy atom. The predicted molar refractivity (Wildman–Crippen MR) is 103 cm³/mol. The van der Waals surface area contributed by atoms with Gasteiger partial charge in [0.25, 0.3) is 5.91 Å².